The molecule has 0 spiro atoms. The number of nitrogens with one attached hydrogen (secondary N) is 1. The molecule has 0 bridgehead atoms. The summed E-state index contributed by atoms with van der Waals surface area (Å²) in [5.74, 6) is 0.377. The molecule has 0 fully saturated rings. The Morgan fingerprint density at radius 1 is 1.22 bits per heavy atom. The highest BCUT2D eigenvalue weighted by molar-refractivity contribution is 9.10. The van der Waals surface area contributed by atoms with Crippen LogP contribution in [0.5, 0.6) is 0 Å². The quantitative estimate of drug-likeness (QED) is 0.200. The Balaban J connectivity index is 1.73. The molecule has 0 aliphatic rings. The molecule has 0 unspecified atom stereocenters. The van der Waals surface area contributed by atoms with Crippen LogP contribution in [-0.2, 0) is 6.54 Å². The van der Waals surface area contributed by atoms with Gasteiger partial charge in [0.1, 0.15) is 0 Å². The van der Waals surface area contributed by atoms with Crippen LogP contribution in [0, 0.1) is 0 Å². The lowest BCUT2D eigenvalue weighted by atomic mass is 10.2. The summed E-state index contributed by atoms with van der Waals surface area (Å²) in [6.07, 6.45) is 1.71. The van der Waals surface area contributed by atoms with Gasteiger partial charge in [0.05, 0.1) is 22.4 Å². The Kier molecular flexibility index (Phi) is 8.53. The van der Waals surface area contributed by atoms with Gasteiger partial charge < -0.3 is 9.88 Å². The summed E-state index contributed by atoms with van der Waals surface area (Å²) in [5.41, 5.74) is 0.934. The zero-order chi connectivity index (χ0) is 23.3. The smallest absolute Gasteiger partial charge is 0.253 e. The van der Waals surface area contributed by atoms with Crippen LogP contribution in [0.1, 0.15) is 39.5 Å². The minimum Gasteiger partial charge on any atom is -0.342 e. The summed E-state index contributed by atoms with van der Waals surface area (Å²) >= 11 is 16.7. The Bertz CT molecular complexity index is 1150. The Morgan fingerprint density at radius 3 is 2.59 bits per heavy atom. The lowest BCUT2D eigenvalue weighted by molar-refractivity contribution is 0.0937. The first-order valence-electron chi connectivity index (χ1n) is 9.51. The number of ketones is 1. The third-order valence-electron chi connectivity index (χ3n) is 4.47. The van der Waals surface area contributed by atoms with E-state index in [-0.39, 0.29) is 22.5 Å². The second kappa shape index (κ2) is 11.1. The molecular formula is C22H19BrCl2N4O2S. The van der Waals surface area contributed by atoms with Crippen molar-refractivity contribution in [3.05, 3.63) is 86.6 Å². The number of hydrogen-bond acceptors (Lipinski definition) is 5. The van der Waals surface area contributed by atoms with Crippen molar-refractivity contribution in [3.8, 4) is 0 Å². The average molecular weight is 554 g/mol. The minimum atomic E-state index is -0.460. The molecule has 6 nitrogen and oxygen atoms in total. The molecule has 0 aliphatic heterocycles. The molecular weight excluding hydrogens is 535 g/mol. The standard InChI is InChI=1S/C22H19BrCl2N4O2S/c1-3-10-29-20(13(2)26-21(31)17-9-8-16(24)11-18(17)25)27-28-22(29)32-12-19(30)14-4-6-15(23)7-5-14/h3-9,11,13H,1,10,12H2,2H3,(H,26,31)/t13-/m0/s1. The maximum atomic E-state index is 12.7. The van der Waals surface area contributed by atoms with Gasteiger partial charge in [-0.1, -0.05) is 69.1 Å². The summed E-state index contributed by atoms with van der Waals surface area (Å²) < 4.78 is 2.73. The third kappa shape index (κ3) is 6.01. The lowest BCUT2D eigenvalue weighted by Crippen LogP contribution is -2.29. The molecule has 3 rings (SSSR count). The zero-order valence-corrected chi connectivity index (χ0v) is 20.9. The largest absolute Gasteiger partial charge is 0.342 e. The molecule has 10 heteroatoms. The van der Waals surface area contributed by atoms with Crippen LogP contribution in [-0.4, -0.2) is 32.2 Å². The molecule has 1 aromatic heterocycles. The van der Waals surface area contributed by atoms with Gasteiger partial charge in [-0.05, 0) is 37.3 Å². The number of rotatable bonds is 9. The van der Waals surface area contributed by atoms with Crippen molar-refractivity contribution < 1.29 is 9.59 Å². The first-order chi connectivity index (χ1) is 15.3. The SMILES string of the molecule is C=CCn1c(SCC(=O)c2ccc(Br)cc2)nnc1[C@H](C)NC(=O)c1ccc(Cl)cc1Cl. The van der Waals surface area contributed by atoms with E-state index in [0.29, 0.717) is 33.7 Å². The topological polar surface area (TPSA) is 76.9 Å². The van der Waals surface area contributed by atoms with Gasteiger partial charge in [-0.3, -0.25) is 9.59 Å². The molecule has 0 saturated heterocycles. The van der Waals surface area contributed by atoms with Crippen molar-refractivity contribution in [2.24, 2.45) is 0 Å². The van der Waals surface area contributed by atoms with E-state index >= 15 is 0 Å². The molecule has 0 radical (unpaired) electrons. The fourth-order valence-corrected chi connectivity index (χ4v) is 4.50. The van der Waals surface area contributed by atoms with Gasteiger partial charge in [-0.2, -0.15) is 0 Å². The Labute approximate surface area is 208 Å². The summed E-state index contributed by atoms with van der Waals surface area (Å²) in [4.78, 5) is 25.2. The number of amides is 1. The molecule has 2 aromatic carbocycles. The van der Waals surface area contributed by atoms with Gasteiger partial charge in [0.25, 0.3) is 5.91 Å². The molecule has 1 atom stereocenters. The molecule has 32 heavy (non-hydrogen) atoms. The lowest BCUT2D eigenvalue weighted by Gasteiger charge is -2.16. The molecule has 3 aromatic rings. The van der Waals surface area contributed by atoms with Crippen molar-refractivity contribution in [2.75, 3.05) is 5.75 Å². The minimum absolute atomic E-state index is 0.0177. The van der Waals surface area contributed by atoms with Crippen molar-refractivity contribution in [1.82, 2.24) is 20.1 Å². The van der Waals surface area contributed by atoms with Gasteiger partial charge in [-0.25, -0.2) is 0 Å². The van der Waals surface area contributed by atoms with Gasteiger partial charge in [0.15, 0.2) is 16.8 Å². The van der Waals surface area contributed by atoms with Gasteiger partial charge >= 0.3 is 0 Å². The number of carbonyl (C=O) groups is 2. The molecule has 0 saturated carbocycles. The van der Waals surface area contributed by atoms with Crippen LogP contribution < -0.4 is 5.32 Å². The maximum absolute atomic E-state index is 12.7. The summed E-state index contributed by atoms with van der Waals surface area (Å²) in [5, 5.41) is 12.6. The zero-order valence-electron chi connectivity index (χ0n) is 17.0. The number of Topliss-reactive ketones (excluding diaryl/α,β-unsaturated/α-hetero) is 1. The highest BCUT2D eigenvalue weighted by Gasteiger charge is 2.21. The fourth-order valence-electron chi connectivity index (χ4n) is 2.89. The summed E-state index contributed by atoms with van der Waals surface area (Å²) in [6, 6.07) is 11.4. The predicted octanol–water partition coefficient (Wildman–Crippen LogP) is 6.00. The molecule has 0 aliphatic carbocycles. The van der Waals surface area contributed by atoms with E-state index in [1.54, 1.807) is 37.3 Å². The summed E-state index contributed by atoms with van der Waals surface area (Å²) in [6.45, 7) is 6.01. The van der Waals surface area contributed by atoms with E-state index in [1.165, 1.54) is 17.8 Å². The summed E-state index contributed by atoms with van der Waals surface area (Å²) in [7, 11) is 0. The van der Waals surface area contributed by atoms with Crippen LogP contribution in [0.3, 0.4) is 0 Å². The highest BCUT2D eigenvalue weighted by atomic mass is 79.9. The Hall–Kier alpha value is -2.13. The first kappa shape index (κ1) is 24.5. The van der Waals surface area contributed by atoms with E-state index < -0.39 is 6.04 Å². The highest BCUT2D eigenvalue weighted by Crippen LogP contribution is 2.24. The van der Waals surface area contributed by atoms with Gasteiger partial charge in [-0.15, -0.1) is 16.8 Å². The average Bonchev–Trinajstić information content (AvgIpc) is 3.15. The van der Waals surface area contributed by atoms with Crippen LogP contribution in [0.15, 0.2) is 64.7 Å². The van der Waals surface area contributed by atoms with Gasteiger partial charge in [0.2, 0.25) is 0 Å². The van der Waals surface area contributed by atoms with Crippen LogP contribution >= 0.6 is 50.9 Å². The molecule has 1 heterocycles. The fraction of sp³-hybridized carbons (Fsp3) is 0.182. The van der Waals surface area contributed by atoms with Crippen molar-refractivity contribution in [1.29, 1.82) is 0 Å². The van der Waals surface area contributed by atoms with Crippen molar-refractivity contribution in [3.63, 3.8) is 0 Å². The van der Waals surface area contributed by atoms with E-state index in [1.807, 2.05) is 16.7 Å². The number of aromatic nitrogens is 3. The number of hydrogen-bond donors (Lipinski definition) is 1. The number of halogens is 3. The van der Waals surface area contributed by atoms with E-state index in [0.717, 1.165) is 4.47 Å². The predicted molar refractivity (Wildman–Crippen MR) is 132 cm³/mol. The third-order valence-corrected chi connectivity index (χ3v) is 6.51. The van der Waals surface area contributed by atoms with E-state index in [9.17, 15) is 9.59 Å². The van der Waals surface area contributed by atoms with Crippen molar-refractivity contribution >= 4 is 62.6 Å². The number of benzene rings is 2. The van der Waals surface area contributed by atoms with E-state index in [2.05, 4.69) is 38.0 Å². The Morgan fingerprint density at radius 2 is 1.94 bits per heavy atom. The second-order valence-electron chi connectivity index (χ2n) is 6.78. The number of nitrogens with zero attached hydrogens (tertiary/aromatic N) is 3. The number of carbonyl (C=O) groups excluding carboxylic acids is 2. The van der Waals surface area contributed by atoms with Crippen molar-refractivity contribution in [2.45, 2.75) is 24.7 Å². The normalized spacial score (nSPS) is 11.8. The van der Waals surface area contributed by atoms with Crippen LogP contribution in [0.2, 0.25) is 10.0 Å². The van der Waals surface area contributed by atoms with Gasteiger partial charge in [0, 0.05) is 21.6 Å². The second-order valence-corrected chi connectivity index (χ2v) is 9.48. The van der Waals surface area contributed by atoms with Crippen LogP contribution in [0.4, 0.5) is 0 Å². The number of allylic oxidation sites excluding steroid dienone is 1. The van der Waals surface area contributed by atoms with Crippen LogP contribution in [0.25, 0.3) is 0 Å². The monoisotopic (exact) mass is 552 g/mol. The maximum Gasteiger partial charge on any atom is 0.253 e. The number of thioether (sulfide) groups is 1. The molecule has 1 N–H and O–H groups in total. The molecule has 166 valence electrons. The molecule has 1 amide bonds. The van der Waals surface area contributed by atoms with E-state index in [4.69, 9.17) is 23.2 Å². The first-order valence-corrected chi connectivity index (χ1v) is 12.0.